The molecule has 2 aromatic carbocycles. The van der Waals surface area contributed by atoms with Crippen LogP contribution in [0.15, 0.2) is 104 Å². The number of pyridine rings is 1. The summed E-state index contributed by atoms with van der Waals surface area (Å²) in [6.07, 6.45) is 15.0. The van der Waals surface area contributed by atoms with E-state index in [0.717, 1.165) is 42.0 Å². The Morgan fingerprint density at radius 3 is 2.33 bits per heavy atom. The molecule has 36 heavy (non-hydrogen) atoms. The van der Waals surface area contributed by atoms with Gasteiger partial charge in [0.1, 0.15) is 5.75 Å². The van der Waals surface area contributed by atoms with Crippen molar-refractivity contribution in [3.8, 4) is 11.4 Å². The summed E-state index contributed by atoms with van der Waals surface area (Å²) in [5, 5.41) is 4.26. The van der Waals surface area contributed by atoms with Crippen molar-refractivity contribution in [3.63, 3.8) is 0 Å². The Kier molecular flexibility index (Phi) is 7.52. The summed E-state index contributed by atoms with van der Waals surface area (Å²) in [6.45, 7) is 1.73. The third-order valence-corrected chi connectivity index (χ3v) is 6.45. The molecule has 0 saturated heterocycles. The minimum atomic E-state index is -0.0236. The van der Waals surface area contributed by atoms with E-state index >= 15 is 0 Å². The molecular formula is C30H30N4O2. The number of hydrogen-bond acceptors (Lipinski definition) is 4. The molecule has 5 rings (SSSR count). The van der Waals surface area contributed by atoms with E-state index < -0.39 is 0 Å². The molecule has 1 aliphatic rings. The van der Waals surface area contributed by atoms with Crippen LogP contribution >= 0.6 is 0 Å². The Bertz CT molecular complexity index is 1270. The summed E-state index contributed by atoms with van der Waals surface area (Å²) in [4.78, 5) is 19.5. The molecule has 0 aliphatic heterocycles. The van der Waals surface area contributed by atoms with Gasteiger partial charge in [0.15, 0.2) is 0 Å². The maximum absolute atomic E-state index is 13.6. The topological polar surface area (TPSA) is 60.2 Å². The van der Waals surface area contributed by atoms with Gasteiger partial charge in [-0.1, -0.05) is 24.3 Å². The highest BCUT2D eigenvalue weighted by Crippen LogP contribution is 2.22. The number of allylic oxidation sites excluding steroid dienone is 2. The fourth-order valence-electron chi connectivity index (χ4n) is 4.40. The van der Waals surface area contributed by atoms with Gasteiger partial charge in [0.2, 0.25) is 0 Å². The molecular weight excluding hydrogens is 448 g/mol. The smallest absolute Gasteiger partial charge is 0.254 e. The number of benzene rings is 2. The second kappa shape index (κ2) is 11.5. The zero-order valence-corrected chi connectivity index (χ0v) is 20.2. The van der Waals surface area contributed by atoms with Crippen molar-refractivity contribution < 1.29 is 9.53 Å². The summed E-state index contributed by atoms with van der Waals surface area (Å²) in [5.41, 5.74) is 3.64. The lowest BCUT2D eigenvalue weighted by atomic mass is 9.95. The molecule has 6 nitrogen and oxygen atoms in total. The minimum absolute atomic E-state index is 0.0236. The predicted octanol–water partition coefficient (Wildman–Crippen LogP) is 5.85. The molecule has 182 valence electrons. The van der Waals surface area contributed by atoms with Gasteiger partial charge in [-0.2, -0.15) is 5.10 Å². The van der Waals surface area contributed by atoms with Crippen LogP contribution in [0, 0.1) is 5.92 Å². The van der Waals surface area contributed by atoms with E-state index in [1.807, 2.05) is 77.8 Å². The van der Waals surface area contributed by atoms with Gasteiger partial charge in [-0.05, 0) is 90.9 Å². The molecule has 0 radical (unpaired) electrons. The maximum Gasteiger partial charge on any atom is 0.254 e. The largest absolute Gasteiger partial charge is 0.493 e. The number of ether oxygens (including phenoxy) is 1. The van der Waals surface area contributed by atoms with Gasteiger partial charge in [0.25, 0.3) is 5.91 Å². The second-order valence-corrected chi connectivity index (χ2v) is 9.12. The van der Waals surface area contributed by atoms with Crippen molar-refractivity contribution in [3.05, 3.63) is 120 Å². The lowest BCUT2D eigenvalue weighted by Crippen LogP contribution is -2.30. The number of hydrogen-bond donors (Lipinski definition) is 0. The van der Waals surface area contributed by atoms with Crippen molar-refractivity contribution in [2.24, 2.45) is 5.92 Å². The first-order chi connectivity index (χ1) is 17.7. The Labute approximate surface area is 211 Å². The lowest BCUT2D eigenvalue weighted by Gasteiger charge is -2.23. The molecule has 0 saturated carbocycles. The highest BCUT2D eigenvalue weighted by molar-refractivity contribution is 5.94. The van der Waals surface area contributed by atoms with Crippen molar-refractivity contribution in [1.82, 2.24) is 19.7 Å². The van der Waals surface area contributed by atoms with Gasteiger partial charge in [0, 0.05) is 43.4 Å². The monoisotopic (exact) mass is 478 g/mol. The number of carbonyl (C=O) groups excluding carboxylic acids is 1. The van der Waals surface area contributed by atoms with Crippen molar-refractivity contribution in [1.29, 1.82) is 0 Å². The molecule has 0 unspecified atom stereocenters. The number of nitrogens with zero attached hydrogens (tertiary/aromatic N) is 4. The maximum atomic E-state index is 13.6. The number of aromatic nitrogens is 3. The lowest BCUT2D eigenvalue weighted by molar-refractivity contribution is 0.0730. The minimum Gasteiger partial charge on any atom is -0.493 e. The first-order valence-corrected chi connectivity index (χ1v) is 12.4. The molecule has 2 aromatic heterocycles. The third kappa shape index (κ3) is 6.08. The van der Waals surface area contributed by atoms with Crippen molar-refractivity contribution in [2.75, 3.05) is 6.61 Å². The Morgan fingerprint density at radius 2 is 1.67 bits per heavy atom. The quantitative estimate of drug-likeness (QED) is 0.283. The van der Waals surface area contributed by atoms with E-state index in [1.54, 1.807) is 23.3 Å². The van der Waals surface area contributed by atoms with E-state index in [0.29, 0.717) is 24.6 Å². The van der Waals surface area contributed by atoms with E-state index in [2.05, 4.69) is 22.2 Å². The second-order valence-electron chi connectivity index (χ2n) is 9.12. The van der Waals surface area contributed by atoms with Crippen molar-refractivity contribution in [2.45, 2.75) is 32.4 Å². The van der Waals surface area contributed by atoms with Gasteiger partial charge in [-0.25, -0.2) is 4.68 Å². The highest BCUT2D eigenvalue weighted by atomic mass is 16.5. The number of rotatable bonds is 9. The molecule has 0 fully saturated rings. The molecule has 4 aromatic rings. The van der Waals surface area contributed by atoms with Gasteiger partial charge < -0.3 is 9.64 Å². The van der Waals surface area contributed by atoms with Gasteiger partial charge in [0.05, 0.1) is 12.3 Å². The summed E-state index contributed by atoms with van der Waals surface area (Å²) < 4.78 is 7.81. The van der Waals surface area contributed by atoms with E-state index in [9.17, 15) is 4.79 Å². The first-order valence-electron chi connectivity index (χ1n) is 12.4. The standard InChI is InChI=1S/C30H30N4O2/c35-30(27-9-11-28(12-10-27)34-20-4-17-32-34)33(22-25-15-18-31-19-16-25)21-24-7-13-29(14-8-24)36-23-26-5-2-1-3-6-26/h1-2,4,7-20,26H,3,5-6,21-23H2/t26-/m1/s1. The Morgan fingerprint density at radius 1 is 0.917 bits per heavy atom. The Hall–Kier alpha value is -4.19. The fourth-order valence-corrected chi connectivity index (χ4v) is 4.40. The van der Waals surface area contributed by atoms with Crippen LogP contribution in [-0.2, 0) is 13.1 Å². The number of carbonyl (C=O) groups is 1. The predicted molar refractivity (Wildman–Crippen MR) is 140 cm³/mol. The van der Waals surface area contributed by atoms with Gasteiger partial charge in [-0.3, -0.25) is 9.78 Å². The van der Waals surface area contributed by atoms with E-state index in [4.69, 9.17) is 4.74 Å². The third-order valence-electron chi connectivity index (χ3n) is 6.45. The SMILES string of the molecule is O=C(c1ccc(-n2cccn2)cc1)N(Cc1ccncc1)Cc1ccc(OC[C@@H]2CC=CCC2)cc1. The zero-order chi connectivity index (χ0) is 24.6. The molecule has 1 atom stereocenters. The molecule has 2 heterocycles. The van der Waals surface area contributed by atoms with Gasteiger partial charge >= 0.3 is 0 Å². The fraction of sp³-hybridized carbons (Fsp3) is 0.233. The van der Waals surface area contributed by atoms with Crippen LogP contribution < -0.4 is 4.74 Å². The average Bonchev–Trinajstić information content (AvgIpc) is 3.48. The first kappa shape index (κ1) is 23.5. The van der Waals surface area contributed by atoms with Crippen LogP contribution in [0.3, 0.4) is 0 Å². The highest BCUT2D eigenvalue weighted by Gasteiger charge is 2.17. The zero-order valence-electron chi connectivity index (χ0n) is 20.2. The van der Waals surface area contributed by atoms with Crippen LogP contribution in [0.2, 0.25) is 0 Å². The van der Waals surface area contributed by atoms with E-state index in [-0.39, 0.29) is 5.91 Å². The van der Waals surface area contributed by atoms with Crippen LogP contribution in [-0.4, -0.2) is 32.2 Å². The van der Waals surface area contributed by atoms with Crippen molar-refractivity contribution >= 4 is 5.91 Å². The molecule has 0 N–H and O–H groups in total. The van der Waals surface area contributed by atoms with Crippen LogP contribution in [0.1, 0.15) is 40.7 Å². The molecule has 0 spiro atoms. The summed E-state index contributed by atoms with van der Waals surface area (Å²) in [6, 6.07) is 21.4. The molecule has 1 aliphatic carbocycles. The molecule has 6 heteroatoms. The summed E-state index contributed by atoms with van der Waals surface area (Å²) in [5.74, 6) is 1.43. The van der Waals surface area contributed by atoms with Crippen LogP contribution in [0.5, 0.6) is 5.75 Å². The average molecular weight is 479 g/mol. The normalized spacial score (nSPS) is 14.9. The van der Waals surface area contributed by atoms with Gasteiger partial charge in [-0.15, -0.1) is 0 Å². The Balaban J connectivity index is 1.28. The molecule has 0 bridgehead atoms. The summed E-state index contributed by atoms with van der Waals surface area (Å²) in [7, 11) is 0. The molecule has 1 amide bonds. The van der Waals surface area contributed by atoms with Crippen LogP contribution in [0.25, 0.3) is 5.69 Å². The van der Waals surface area contributed by atoms with E-state index in [1.165, 1.54) is 6.42 Å². The van der Waals surface area contributed by atoms with Crippen LogP contribution in [0.4, 0.5) is 0 Å². The summed E-state index contributed by atoms with van der Waals surface area (Å²) >= 11 is 0. The number of amides is 1.